The summed E-state index contributed by atoms with van der Waals surface area (Å²) in [4.78, 5) is 0. The van der Waals surface area contributed by atoms with Crippen molar-refractivity contribution >= 4 is 35.6 Å². The molecule has 1 aliphatic rings. The lowest BCUT2D eigenvalue weighted by molar-refractivity contribution is 0.270. The third-order valence-electron chi connectivity index (χ3n) is 2.52. The van der Waals surface area contributed by atoms with Crippen molar-refractivity contribution in [3.63, 3.8) is 0 Å². The SMILES string of the molecule is CCCC1(NC(C)(C)C)C=CC(Cl)(Cl)C1.Cl. The number of hydrogen-bond donors (Lipinski definition) is 1. The lowest BCUT2D eigenvalue weighted by Gasteiger charge is -2.37. The molecule has 1 nitrogen and oxygen atoms in total. The van der Waals surface area contributed by atoms with Crippen LogP contribution in [0, 0.1) is 0 Å². The third-order valence-corrected chi connectivity index (χ3v) is 3.04. The van der Waals surface area contributed by atoms with Gasteiger partial charge in [-0.3, -0.25) is 0 Å². The highest BCUT2D eigenvalue weighted by molar-refractivity contribution is 6.50. The van der Waals surface area contributed by atoms with Gasteiger partial charge in [0, 0.05) is 17.5 Å². The van der Waals surface area contributed by atoms with E-state index in [0.29, 0.717) is 0 Å². The Balaban J connectivity index is 0.00000225. The molecule has 0 heterocycles. The van der Waals surface area contributed by atoms with Gasteiger partial charge in [-0.05, 0) is 27.2 Å². The van der Waals surface area contributed by atoms with Crippen LogP contribution in [0.2, 0.25) is 0 Å². The molecule has 0 spiro atoms. The number of nitrogens with one attached hydrogen (secondary N) is 1. The van der Waals surface area contributed by atoms with Gasteiger partial charge in [-0.15, -0.1) is 12.4 Å². The van der Waals surface area contributed by atoms with Crippen LogP contribution in [0.4, 0.5) is 0 Å². The van der Waals surface area contributed by atoms with Gasteiger partial charge in [0.15, 0.2) is 0 Å². The minimum Gasteiger partial charge on any atom is -0.303 e. The maximum absolute atomic E-state index is 6.16. The Morgan fingerprint density at radius 3 is 2.12 bits per heavy atom. The fraction of sp³-hybridized carbons (Fsp3) is 0.833. The van der Waals surface area contributed by atoms with Crippen LogP contribution in [0.25, 0.3) is 0 Å². The fourth-order valence-corrected chi connectivity index (χ4v) is 2.94. The molecule has 4 heteroatoms. The maximum Gasteiger partial charge on any atom is 0.138 e. The van der Waals surface area contributed by atoms with Crippen LogP contribution in [-0.2, 0) is 0 Å². The van der Waals surface area contributed by atoms with Crippen molar-refractivity contribution in [2.45, 2.75) is 62.4 Å². The van der Waals surface area contributed by atoms with Crippen LogP contribution in [0.15, 0.2) is 12.2 Å². The van der Waals surface area contributed by atoms with E-state index in [4.69, 9.17) is 23.2 Å². The zero-order valence-electron chi connectivity index (χ0n) is 10.4. The predicted molar refractivity (Wildman–Crippen MR) is 76.0 cm³/mol. The van der Waals surface area contributed by atoms with Crippen LogP contribution < -0.4 is 5.32 Å². The number of hydrogen-bond acceptors (Lipinski definition) is 1. The van der Waals surface area contributed by atoms with E-state index < -0.39 is 4.33 Å². The van der Waals surface area contributed by atoms with Gasteiger partial charge in [0.05, 0.1) is 0 Å². The van der Waals surface area contributed by atoms with Gasteiger partial charge in [0.25, 0.3) is 0 Å². The first kappa shape index (κ1) is 16.6. The Kier molecular flexibility index (Phi) is 5.67. The standard InChI is InChI=1S/C12H21Cl2N.ClH/c1-5-6-11(15-10(2,3)4)7-8-12(13,14)9-11;/h7-8,15H,5-6,9H2,1-4H3;1H. The van der Waals surface area contributed by atoms with E-state index in [-0.39, 0.29) is 23.5 Å². The predicted octanol–water partition coefficient (Wildman–Crippen LogP) is 4.47. The molecule has 96 valence electrons. The van der Waals surface area contributed by atoms with Gasteiger partial charge < -0.3 is 5.32 Å². The molecule has 0 saturated carbocycles. The van der Waals surface area contributed by atoms with Crippen molar-refractivity contribution in [2.75, 3.05) is 0 Å². The summed E-state index contributed by atoms with van der Waals surface area (Å²) in [7, 11) is 0. The van der Waals surface area contributed by atoms with Gasteiger partial charge in [0.2, 0.25) is 0 Å². The number of rotatable bonds is 3. The Morgan fingerprint density at radius 1 is 1.25 bits per heavy atom. The molecule has 16 heavy (non-hydrogen) atoms. The molecule has 0 saturated heterocycles. The van der Waals surface area contributed by atoms with Crippen LogP contribution in [0.3, 0.4) is 0 Å². The van der Waals surface area contributed by atoms with Crippen molar-refractivity contribution in [1.82, 2.24) is 5.32 Å². The van der Waals surface area contributed by atoms with E-state index in [0.717, 1.165) is 19.3 Å². The number of halogens is 3. The van der Waals surface area contributed by atoms with Crippen molar-refractivity contribution < 1.29 is 0 Å². The summed E-state index contributed by atoms with van der Waals surface area (Å²) >= 11 is 12.3. The second-order valence-electron chi connectivity index (χ2n) is 5.55. The number of alkyl halides is 2. The molecule has 0 fully saturated rings. The first-order valence-electron chi connectivity index (χ1n) is 5.56. The molecule has 0 amide bonds. The van der Waals surface area contributed by atoms with Crippen molar-refractivity contribution in [2.24, 2.45) is 0 Å². The zero-order valence-corrected chi connectivity index (χ0v) is 12.8. The minimum atomic E-state index is -0.701. The Hall–Kier alpha value is 0.570. The molecule has 1 unspecified atom stereocenters. The zero-order chi connectivity index (χ0) is 11.7. The Morgan fingerprint density at radius 2 is 1.81 bits per heavy atom. The van der Waals surface area contributed by atoms with Gasteiger partial charge in [-0.1, -0.05) is 48.7 Å². The minimum absolute atomic E-state index is 0. The molecular weight excluding hydrogens is 264 g/mol. The summed E-state index contributed by atoms with van der Waals surface area (Å²) in [5, 5.41) is 3.63. The summed E-state index contributed by atoms with van der Waals surface area (Å²) in [5.41, 5.74) is 0.0458. The highest BCUT2D eigenvalue weighted by atomic mass is 35.5. The van der Waals surface area contributed by atoms with Crippen LogP contribution >= 0.6 is 35.6 Å². The highest BCUT2D eigenvalue weighted by Crippen LogP contribution is 2.42. The van der Waals surface area contributed by atoms with Crippen molar-refractivity contribution in [3.8, 4) is 0 Å². The van der Waals surface area contributed by atoms with E-state index >= 15 is 0 Å². The molecule has 0 aromatic heterocycles. The number of allylic oxidation sites excluding steroid dienone is 1. The summed E-state index contributed by atoms with van der Waals surface area (Å²) in [6.07, 6.45) is 7.00. The summed E-state index contributed by atoms with van der Waals surface area (Å²) < 4.78 is -0.701. The van der Waals surface area contributed by atoms with Gasteiger partial charge in [0.1, 0.15) is 4.33 Å². The summed E-state index contributed by atoms with van der Waals surface area (Å²) in [6, 6.07) is 0. The average molecular weight is 287 g/mol. The van der Waals surface area contributed by atoms with Crippen LogP contribution in [0.5, 0.6) is 0 Å². The molecule has 0 aliphatic heterocycles. The fourth-order valence-electron chi connectivity index (χ4n) is 2.33. The molecule has 1 aliphatic carbocycles. The molecule has 1 rings (SSSR count). The van der Waals surface area contributed by atoms with E-state index in [1.807, 2.05) is 6.08 Å². The molecule has 1 N–H and O–H groups in total. The quantitative estimate of drug-likeness (QED) is 0.596. The van der Waals surface area contributed by atoms with Gasteiger partial charge in [-0.25, -0.2) is 0 Å². The van der Waals surface area contributed by atoms with Crippen molar-refractivity contribution in [3.05, 3.63) is 12.2 Å². The van der Waals surface area contributed by atoms with E-state index in [1.165, 1.54) is 0 Å². The Bertz CT molecular complexity index is 255. The molecule has 0 bridgehead atoms. The van der Waals surface area contributed by atoms with E-state index in [9.17, 15) is 0 Å². The lowest BCUT2D eigenvalue weighted by atomic mass is 9.89. The van der Waals surface area contributed by atoms with E-state index in [1.54, 1.807) is 0 Å². The molecule has 1 atom stereocenters. The molecule has 0 aromatic carbocycles. The molecular formula is C12H22Cl3N. The second-order valence-corrected chi connectivity index (χ2v) is 7.09. The Labute approximate surface area is 115 Å². The topological polar surface area (TPSA) is 12.0 Å². The largest absolute Gasteiger partial charge is 0.303 e. The highest BCUT2D eigenvalue weighted by Gasteiger charge is 2.42. The molecule has 0 radical (unpaired) electrons. The smallest absolute Gasteiger partial charge is 0.138 e. The second kappa shape index (κ2) is 5.48. The maximum atomic E-state index is 6.16. The average Bonchev–Trinajstić information content (AvgIpc) is 2.23. The van der Waals surface area contributed by atoms with Crippen LogP contribution in [0.1, 0.15) is 47.0 Å². The first-order valence-corrected chi connectivity index (χ1v) is 6.31. The van der Waals surface area contributed by atoms with Crippen molar-refractivity contribution in [1.29, 1.82) is 0 Å². The van der Waals surface area contributed by atoms with Crippen LogP contribution in [-0.4, -0.2) is 15.4 Å². The van der Waals surface area contributed by atoms with Gasteiger partial charge in [-0.2, -0.15) is 0 Å². The van der Waals surface area contributed by atoms with E-state index in [2.05, 4.69) is 39.1 Å². The first-order chi connectivity index (χ1) is 6.68. The monoisotopic (exact) mass is 285 g/mol. The third kappa shape index (κ3) is 4.83. The summed E-state index contributed by atoms with van der Waals surface area (Å²) in [6.45, 7) is 8.69. The van der Waals surface area contributed by atoms with Gasteiger partial charge >= 0.3 is 0 Å². The normalized spacial score (nSPS) is 27.9. The molecule has 0 aromatic rings. The summed E-state index contributed by atoms with van der Waals surface area (Å²) in [5.74, 6) is 0. The lowest BCUT2D eigenvalue weighted by Crippen LogP contribution is -2.52.